The van der Waals surface area contributed by atoms with Crippen molar-refractivity contribution < 1.29 is 5.48 Å². The zero-order chi connectivity index (χ0) is 7.28. The summed E-state index contributed by atoms with van der Waals surface area (Å²) in [4.78, 5) is 0. The Morgan fingerprint density at radius 3 is 1.40 bits per heavy atom. The summed E-state index contributed by atoms with van der Waals surface area (Å²) in [6, 6.07) is 0. The number of hydrogen-bond acceptors (Lipinski definition) is 1. The van der Waals surface area contributed by atoms with Crippen molar-refractivity contribution in [3.05, 3.63) is 0 Å². The summed E-state index contributed by atoms with van der Waals surface area (Å²) in [5, 5.41) is 0. The van der Waals surface area contributed by atoms with Crippen molar-refractivity contribution in [1.29, 1.82) is 0 Å². The van der Waals surface area contributed by atoms with Gasteiger partial charge in [0.1, 0.15) is 0 Å². The highest BCUT2D eigenvalue weighted by molar-refractivity contribution is 7.99. The van der Waals surface area contributed by atoms with Gasteiger partial charge in [0.2, 0.25) is 0 Å². The first-order valence-corrected chi connectivity index (χ1v) is 4.86. The highest BCUT2D eigenvalue weighted by atomic mass is 32.2. The molecule has 0 atom stereocenters. The molecule has 1 nitrogen and oxygen atoms in total. The molecule has 0 fully saturated rings. The maximum Gasteiger partial charge on any atom is -0.00443 e. The van der Waals surface area contributed by atoms with Crippen molar-refractivity contribution in [2.24, 2.45) is 11.8 Å². The lowest BCUT2D eigenvalue weighted by atomic mass is 10.3. The third kappa shape index (κ3) is 11.2. The largest absolute Gasteiger partial charge is 0.412 e. The topological polar surface area (TPSA) is 31.5 Å². The van der Waals surface area contributed by atoms with E-state index in [-0.39, 0.29) is 5.48 Å². The van der Waals surface area contributed by atoms with Crippen LogP contribution in [0.15, 0.2) is 0 Å². The summed E-state index contributed by atoms with van der Waals surface area (Å²) in [5.74, 6) is 4.35. The maximum atomic E-state index is 2.27. The molecule has 64 valence electrons. The van der Waals surface area contributed by atoms with Crippen LogP contribution in [0.4, 0.5) is 0 Å². The van der Waals surface area contributed by atoms with Crippen LogP contribution in [0.25, 0.3) is 0 Å². The summed E-state index contributed by atoms with van der Waals surface area (Å²) in [5.41, 5.74) is 0. The van der Waals surface area contributed by atoms with Crippen LogP contribution in [-0.4, -0.2) is 17.0 Å². The molecule has 2 N–H and O–H groups in total. The van der Waals surface area contributed by atoms with E-state index in [0.29, 0.717) is 0 Å². The standard InChI is InChI=1S/C8H18S.H2O/c1-7(2)5-9-6-8(3)4;/h7-8H,5-6H2,1-4H3;1H2. The molecule has 0 rings (SSSR count). The van der Waals surface area contributed by atoms with Gasteiger partial charge in [-0.2, -0.15) is 11.8 Å². The number of rotatable bonds is 4. The minimum Gasteiger partial charge on any atom is -0.412 e. The van der Waals surface area contributed by atoms with Crippen LogP contribution < -0.4 is 0 Å². The zero-order valence-corrected chi connectivity index (χ0v) is 8.29. The quantitative estimate of drug-likeness (QED) is 0.627. The molecule has 0 unspecified atom stereocenters. The van der Waals surface area contributed by atoms with Gasteiger partial charge < -0.3 is 5.48 Å². The van der Waals surface area contributed by atoms with Gasteiger partial charge in [0.15, 0.2) is 0 Å². The Balaban J connectivity index is 0. The molecule has 0 saturated heterocycles. The Hall–Kier alpha value is 0.310. The molecule has 0 aromatic carbocycles. The average molecular weight is 164 g/mol. The molecule has 0 aromatic rings. The second-order valence-electron chi connectivity index (χ2n) is 3.33. The van der Waals surface area contributed by atoms with Gasteiger partial charge in [0, 0.05) is 0 Å². The van der Waals surface area contributed by atoms with E-state index in [0.717, 1.165) is 11.8 Å². The van der Waals surface area contributed by atoms with Gasteiger partial charge in [-0.1, -0.05) is 27.7 Å². The van der Waals surface area contributed by atoms with Crippen LogP contribution in [-0.2, 0) is 0 Å². The average Bonchev–Trinajstić information content (AvgIpc) is 1.63. The summed E-state index contributed by atoms with van der Waals surface area (Å²) in [7, 11) is 0. The van der Waals surface area contributed by atoms with Gasteiger partial charge >= 0.3 is 0 Å². The van der Waals surface area contributed by atoms with Gasteiger partial charge in [-0.25, -0.2) is 0 Å². The van der Waals surface area contributed by atoms with E-state index in [2.05, 4.69) is 39.5 Å². The SMILES string of the molecule is CC(C)CSCC(C)C.O. The molecule has 0 aliphatic carbocycles. The smallest absolute Gasteiger partial charge is 0.00443 e. The molecule has 0 aliphatic rings. The molecule has 0 aliphatic heterocycles. The van der Waals surface area contributed by atoms with E-state index in [1.807, 2.05) is 0 Å². The van der Waals surface area contributed by atoms with Crippen LogP contribution >= 0.6 is 11.8 Å². The Bertz CT molecular complexity index is 54.3. The Morgan fingerprint density at radius 2 is 1.20 bits per heavy atom. The van der Waals surface area contributed by atoms with Gasteiger partial charge in [0.05, 0.1) is 0 Å². The lowest BCUT2D eigenvalue weighted by Crippen LogP contribution is -1.96. The predicted octanol–water partition coefficient (Wildman–Crippen LogP) is 2.21. The van der Waals surface area contributed by atoms with Crippen LogP contribution in [0.2, 0.25) is 0 Å². The van der Waals surface area contributed by atoms with Gasteiger partial charge in [-0.3, -0.25) is 0 Å². The molecule has 0 heterocycles. The fourth-order valence-electron chi connectivity index (χ4n) is 0.539. The minimum atomic E-state index is 0. The Kier molecular flexibility index (Phi) is 9.60. The van der Waals surface area contributed by atoms with Crippen molar-refractivity contribution in [1.82, 2.24) is 0 Å². The maximum absolute atomic E-state index is 2.27. The van der Waals surface area contributed by atoms with Crippen molar-refractivity contribution in [3.8, 4) is 0 Å². The van der Waals surface area contributed by atoms with E-state index >= 15 is 0 Å². The Morgan fingerprint density at radius 1 is 0.900 bits per heavy atom. The van der Waals surface area contributed by atoms with Crippen LogP contribution in [0.5, 0.6) is 0 Å². The third-order valence-electron chi connectivity index (χ3n) is 0.902. The molecule has 2 heteroatoms. The fraction of sp³-hybridized carbons (Fsp3) is 1.00. The van der Waals surface area contributed by atoms with Crippen molar-refractivity contribution >= 4 is 11.8 Å². The zero-order valence-electron chi connectivity index (χ0n) is 7.48. The molecule has 0 spiro atoms. The first kappa shape index (κ1) is 12.9. The molecule has 0 saturated carbocycles. The lowest BCUT2D eigenvalue weighted by molar-refractivity contribution is 0.730. The third-order valence-corrected chi connectivity index (χ3v) is 2.71. The first-order valence-electron chi connectivity index (χ1n) is 3.70. The molecular formula is C8H20OS. The molecule has 10 heavy (non-hydrogen) atoms. The van der Waals surface area contributed by atoms with Crippen molar-refractivity contribution in [2.75, 3.05) is 11.5 Å². The van der Waals surface area contributed by atoms with Gasteiger partial charge in [-0.15, -0.1) is 0 Å². The number of thioether (sulfide) groups is 1. The molecule has 0 aromatic heterocycles. The van der Waals surface area contributed by atoms with Crippen molar-refractivity contribution in [2.45, 2.75) is 27.7 Å². The molecule has 0 radical (unpaired) electrons. The summed E-state index contributed by atoms with van der Waals surface area (Å²) in [6.07, 6.45) is 0. The Labute approximate surface area is 68.9 Å². The molecule has 0 amide bonds. The van der Waals surface area contributed by atoms with E-state index in [1.165, 1.54) is 11.5 Å². The van der Waals surface area contributed by atoms with E-state index in [1.54, 1.807) is 0 Å². The first-order chi connectivity index (χ1) is 4.13. The summed E-state index contributed by atoms with van der Waals surface area (Å²) in [6.45, 7) is 9.08. The fourth-order valence-corrected chi connectivity index (χ4v) is 1.62. The van der Waals surface area contributed by atoms with Crippen LogP contribution in [0.3, 0.4) is 0 Å². The molecule has 0 bridgehead atoms. The van der Waals surface area contributed by atoms with E-state index in [4.69, 9.17) is 0 Å². The second kappa shape index (κ2) is 7.42. The van der Waals surface area contributed by atoms with Gasteiger partial charge in [-0.05, 0) is 23.3 Å². The van der Waals surface area contributed by atoms with Gasteiger partial charge in [0.25, 0.3) is 0 Å². The summed E-state index contributed by atoms with van der Waals surface area (Å²) >= 11 is 2.07. The van der Waals surface area contributed by atoms with Crippen molar-refractivity contribution in [3.63, 3.8) is 0 Å². The minimum absolute atomic E-state index is 0. The predicted molar refractivity (Wildman–Crippen MR) is 50.6 cm³/mol. The van der Waals surface area contributed by atoms with Crippen LogP contribution in [0.1, 0.15) is 27.7 Å². The highest BCUT2D eigenvalue weighted by Gasteiger charge is 1.95. The molecular weight excluding hydrogens is 144 g/mol. The second-order valence-corrected chi connectivity index (χ2v) is 4.40. The highest BCUT2D eigenvalue weighted by Crippen LogP contribution is 2.11. The normalized spacial score (nSPS) is 10.2. The van der Waals surface area contributed by atoms with E-state index in [9.17, 15) is 0 Å². The van der Waals surface area contributed by atoms with Crippen LogP contribution in [0, 0.1) is 11.8 Å². The lowest BCUT2D eigenvalue weighted by Gasteiger charge is -2.05. The van der Waals surface area contributed by atoms with E-state index < -0.39 is 0 Å². The summed E-state index contributed by atoms with van der Waals surface area (Å²) < 4.78 is 0. The number of hydrogen-bond donors (Lipinski definition) is 0. The monoisotopic (exact) mass is 164 g/mol.